The Balaban J connectivity index is 1.38. The van der Waals surface area contributed by atoms with Crippen molar-refractivity contribution in [3.8, 4) is 11.5 Å². The maximum atomic E-state index is 13.2. The van der Waals surface area contributed by atoms with Gasteiger partial charge in [0.25, 0.3) is 0 Å². The number of aromatic amines is 2. The van der Waals surface area contributed by atoms with E-state index in [4.69, 9.17) is 9.47 Å². The minimum atomic E-state index is -0.681. The molecule has 4 rings (SSSR count). The van der Waals surface area contributed by atoms with Crippen LogP contribution in [0.15, 0.2) is 36.4 Å². The molecule has 4 N–H and O–H groups in total. The number of H-pyrrole nitrogens is 2. The van der Waals surface area contributed by atoms with Crippen molar-refractivity contribution in [1.82, 2.24) is 25.6 Å². The number of Topliss-reactive ketones (excluding diaryl/α,β-unsaturated/α-hetero) is 1. The van der Waals surface area contributed by atoms with Gasteiger partial charge in [-0.25, -0.2) is 4.98 Å². The summed E-state index contributed by atoms with van der Waals surface area (Å²) in [6.45, 7) is 3.88. The first-order chi connectivity index (χ1) is 19.8. The van der Waals surface area contributed by atoms with Gasteiger partial charge in [-0.05, 0) is 62.6 Å². The van der Waals surface area contributed by atoms with Crippen molar-refractivity contribution in [3.05, 3.63) is 53.5 Å². The van der Waals surface area contributed by atoms with Crippen LogP contribution in [0.25, 0.3) is 21.9 Å². The lowest BCUT2D eigenvalue weighted by Crippen LogP contribution is -2.47. The first kappa shape index (κ1) is 29.6. The molecule has 0 radical (unpaired) electrons. The molecule has 2 heterocycles. The van der Waals surface area contributed by atoms with E-state index in [0.29, 0.717) is 31.6 Å². The van der Waals surface area contributed by atoms with E-state index >= 15 is 0 Å². The van der Waals surface area contributed by atoms with Crippen molar-refractivity contribution < 1.29 is 23.9 Å². The van der Waals surface area contributed by atoms with Gasteiger partial charge in [0.2, 0.25) is 11.8 Å². The number of hydrogen-bond donors (Lipinski definition) is 4. The van der Waals surface area contributed by atoms with Crippen LogP contribution in [0, 0.1) is 6.92 Å². The Morgan fingerprint density at radius 3 is 2.46 bits per heavy atom. The van der Waals surface area contributed by atoms with E-state index < -0.39 is 6.04 Å². The monoisotopic (exact) mass is 561 g/mol. The van der Waals surface area contributed by atoms with Gasteiger partial charge in [-0.1, -0.05) is 12.8 Å². The second-order valence-electron chi connectivity index (χ2n) is 10.3. The number of carbonyl (C=O) groups excluding carboxylic acids is 3. The third-order valence-electron chi connectivity index (χ3n) is 7.24. The molecule has 2 aromatic carbocycles. The molecule has 0 aliphatic rings. The number of aryl methyl sites for hydroxylation is 1. The van der Waals surface area contributed by atoms with Crippen molar-refractivity contribution in [3.63, 3.8) is 0 Å². The highest BCUT2D eigenvalue weighted by atomic mass is 16.5. The third-order valence-corrected chi connectivity index (χ3v) is 7.24. The largest absolute Gasteiger partial charge is 0.497 e. The van der Waals surface area contributed by atoms with Crippen LogP contribution in [-0.4, -0.2) is 59.4 Å². The molecule has 10 heteroatoms. The molecule has 1 atom stereocenters. The summed E-state index contributed by atoms with van der Waals surface area (Å²) in [5.41, 5.74) is 4.39. The van der Waals surface area contributed by atoms with Crippen LogP contribution in [0.4, 0.5) is 0 Å². The highest BCUT2D eigenvalue weighted by Gasteiger charge is 2.22. The smallest absolute Gasteiger partial charge is 0.242 e. The van der Waals surface area contributed by atoms with Crippen LogP contribution in [0.2, 0.25) is 0 Å². The normalized spacial score (nSPS) is 11.9. The third kappa shape index (κ3) is 7.87. The molecule has 10 nitrogen and oxygen atoms in total. The van der Waals surface area contributed by atoms with E-state index in [1.807, 2.05) is 43.3 Å². The van der Waals surface area contributed by atoms with Crippen molar-refractivity contribution >= 4 is 39.5 Å². The van der Waals surface area contributed by atoms with Crippen molar-refractivity contribution in [1.29, 1.82) is 0 Å². The van der Waals surface area contributed by atoms with E-state index in [-0.39, 0.29) is 24.0 Å². The number of hydrogen-bond acceptors (Lipinski definition) is 6. The number of methoxy groups -OCH3 is 2. The van der Waals surface area contributed by atoms with Crippen LogP contribution in [-0.2, 0) is 27.2 Å². The number of benzene rings is 2. The van der Waals surface area contributed by atoms with Gasteiger partial charge in [0.05, 0.1) is 31.7 Å². The fraction of sp³-hybridized carbons (Fsp3) is 0.419. The summed E-state index contributed by atoms with van der Waals surface area (Å²) in [6, 6.07) is 10.7. The SMILES string of the molecule is COc1ccc2nc(CCNC(=O)C(CCCCCC(C)=O)NC(=O)Cc3c(C)[nH]c4ccc(OC)cc34)[nH]c2c1. The molecule has 2 aromatic heterocycles. The Hall–Kier alpha value is -4.34. The Bertz CT molecular complexity index is 1520. The standard InChI is InChI=1S/C31H39N5O5/c1-19(37)8-6-5-7-9-27(31(39)32-15-14-29-34-26-13-11-22(41-4)17-28(26)35-29)36-30(38)18-23-20(2)33-25-12-10-21(40-3)16-24(23)25/h10-13,16-17,27,33H,5-9,14-15,18H2,1-4H3,(H,32,39)(H,34,35)(H,36,38). The lowest BCUT2D eigenvalue weighted by atomic mass is 10.0. The Morgan fingerprint density at radius 1 is 0.951 bits per heavy atom. The fourth-order valence-corrected chi connectivity index (χ4v) is 5.00. The quantitative estimate of drug-likeness (QED) is 0.160. The summed E-state index contributed by atoms with van der Waals surface area (Å²) in [6.07, 6.45) is 3.96. The van der Waals surface area contributed by atoms with Crippen LogP contribution in [0.3, 0.4) is 0 Å². The summed E-state index contributed by atoms with van der Waals surface area (Å²) >= 11 is 0. The van der Waals surface area contributed by atoms with Crippen LogP contribution < -0.4 is 20.1 Å². The number of nitrogens with one attached hydrogen (secondary N) is 4. The minimum absolute atomic E-state index is 0.134. The van der Waals surface area contributed by atoms with Crippen LogP contribution >= 0.6 is 0 Å². The van der Waals surface area contributed by atoms with Gasteiger partial charge in [0.15, 0.2) is 0 Å². The minimum Gasteiger partial charge on any atom is -0.497 e. The second kappa shape index (κ2) is 13.8. The highest BCUT2D eigenvalue weighted by molar-refractivity contribution is 5.93. The highest BCUT2D eigenvalue weighted by Crippen LogP contribution is 2.27. The number of carbonyl (C=O) groups is 3. The van der Waals surface area contributed by atoms with Gasteiger partial charge in [-0.3, -0.25) is 9.59 Å². The average molecular weight is 562 g/mol. The maximum Gasteiger partial charge on any atom is 0.242 e. The number of amides is 2. The molecule has 2 amide bonds. The van der Waals surface area contributed by atoms with Gasteiger partial charge in [-0.15, -0.1) is 0 Å². The number of aromatic nitrogens is 3. The molecular weight excluding hydrogens is 522 g/mol. The zero-order valence-electron chi connectivity index (χ0n) is 24.2. The predicted octanol–water partition coefficient (Wildman–Crippen LogP) is 4.30. The van der Waals surface area contributed by atoms with Gasteiger partial charge in [0.1, 0.15) is 29.1 Å². The van der Waals surface area contributed by atoms with Gasteiger partial charge >= 0.3 is 0 Å². The molecule has 41 heavy (non-hydrogen) atoms. The number of rotatable bonds is 15. The van der Waals surface area contributed by atoms with Gasteiger partial charge in [0, 0.05) is 42.0 Å². The summed E-state index contributed by atoms with van der Waals surface area (Å²) in [5, 5.41) is 6.84. The molecular formula is C31H39N5O5. The Kier molecular flexibility index (Phi) is 10.00. The molecule has 0 aliphatic carbocycles. The van der Waals surface area contributed by atoms with E-state index in [1.54, 1.807) is 21.1 Å². The van der Waals surface area contributed by atoms with Crippen LogP contribution in [0.1, 0.15) is 56.1 Å². The predicted molar refractivity (Wildman–Crippen MR) is 158 cm³/mol. The van der Waals surface area contributed by atoms with Crippen molar-refractivity contribution in [2.45, 2.75) is 64.8 Å². The number of nitrogens with zero attached hydrogens (tertiary/aromatic N) is 1. The summed E-state index contributed by atoms with van der Waals surface area (Å²) in [4.78, 5) is 48.9. The van der Waals surface area contributed by atoms with Crippen LogP contribution in [0.5, 0.6) is 11.5 Å². The Morgan fingerprint density at radius 2 is 1.71 bits per heavy atom. The molecule has 0 aliphatic heterocycles. The molecule has 0 saturated heterocycles. The van der Waals surface area contributed by atoms with E-state index in [0.717, 1.165) is 64.0 Å². The van der Waals surface area contributed by atoms with Crippen molar-refractivity contribution in [2.24, 2.45) is 0 Å². The number of ketones is 1. The first-order valence-electron chi connectivity index (χ1n) is 14.0. The number of ether oxygens (including phenoxy) is 2. The molecule has 4 aromatic rings. The molecule has 218 valence electrons. The zero-order valence-corrected chi connectivity index (χ0v) is 24.2. The van der Waals surface area contributed by atoms with E-state index in [2.05, 4.69) is 25.6 Å². The van der Waals surface area contributed by atoms with E-state index in [9.17, 15) is 14.4 Å². The number of unbranched alkanes of at least 4 members (excludes halogenated alkanes) is 2. The number of imidazole rings is 1. The molecule has 1 unspecified atom stereocenters. The maximum absolute atomic E-state index is 13.2. The average Bonchev–Trinajstić information content (AvgIpc) is 3.50. The van der Waals surface area contributed by atoms with Crippen molar-refractivity contribution in [2.75, 3.05) is 20.8 Å². The summed E-state index contributed by atoms with van der Waals surface area (Å²) in [7, 11) is 3.23. The van der Waals surface area contributed by atoms with Gasteiger partial charge < -0.3 is 34.9 Å². The Labute approximate surface area is 239 Å². The van der Waals surface area contributed by atoms with Gasteiger partial charge in [-0.2, -0.15) is 0 Å². The number of fused-ring (bicyclic) bond motifs is 2. The lowest BCUT2D eigenvalue weighted by Gasteiger charge is -2.19. The lowest BCUT2D eigenvalue weighted by molar-refractivity contribution is -0.128. The summed E-state index contributed by atoms with van der Waals surface area (Å²) in [5.74, 6) is 1.90. The molecule has 0 spiro atoms. The molecule has 0 bridgehead atoms. The summed E-state index contributed by atoms with van der Waals surface area (Å²) < 4.78 is 10.6. The fourth-order valence-electron chi connectivity index (χ4n) is 5.00. The first-order valence-corrected chi connectivity index (χ1v) is 14.0. The second-order valence-corrected chi connectivity index (χ2v) is 10.3. The molecule has 0 fully saturated rings. The zero-order chi connectivity index (χ0) is 29.4. The molecule has 0 saturated carbocycles. The van der Waals surface area contributed by atoms with E-state index in [1.165, 1.54) is 0 Å². The topological polar surface area (TPSA) is 138 Å².